The van der Waals surface area contributed by atoms with Crippen molar-refractivity contribution in [3.63, 3.8) is 0 Å². The number of unbranched alkanes of at least 4 members (excludes halogenated alkanes) is 2. The first kappa shape index (κ1) is 21.2. The molecule has 0 aliphatic carbocycles. The van der Waals surface area contributed by atoms with E-state index in [2.05, 4.69) is 23.9 Å². The molecule has 0 bridgehead atoms. The smallest absolute Gasteiger partial charge is 0.434 e. The van der Waals surface area contributed by atoms with E-state index < -0.39 is 6.09 Å². The van der Waals surface area contributed by atoms with Crippen LogP contribution in [0.5, 0.6) is 0 Å². The fourth-order valence-electron chi connectivity index (χ4n) is 2.79. The van der Waals surface area contributed by atoms with Gasteiger partial charge in [0, 0.05) is 16.8 Å². The summed E-state index contributed by atoms with van der Waals surface area (Å²) in [5.74, 6) is 0.806. The van der Waals surface area contributed by atoms with Gasteiger partial charge in [-0.3, -0.25) is 4.79 Å². The molecule has 2 aromatic rings. The Bertz CT molecular complexity index is 762. The van der Waals surface area contributed by atoms with Crippen LogP contribution < -0.4 is 0 Å². The van der Waals surface area contributed by atoms with Crippen molar-refractivity contribution in [2.75, 3.05) is 12.4 Å². The molecule has 7 nitrogen and oxygen atoms in total. The fraction of sp³-hybridized carbons (Fsp3) is 0.579. The maximum Gasteiger partial charge on any atom is 0.434 e. The van der Waals surface area contributed by atoms with Crippen LogP contribution in [0.4, 0.5) is 4.79 Å². The molecule has 1 atom stereocenters. The van der Waals surface area contributed by atoms with Crippen LogP contribution >= 0.6 is 11.8 Å². The number of hydrogen-bond acceptors (Lipinski definition) is 6. The van der Waals surface area contributed by atoms with Crippen LogP contribution in [0.25, 0.3) is 11.0 Å². The zero-order valence-corrected chi connectivity index (χ0v) is 16.7. The van der Waals surface area contributed by atoms with Crippen molar-refractivity contribution in [2.24, 2.45) is 5.92 Å². The summed E-state index contributed by atoms with van der Waals surface area (Å²) in [6.07, 6.45) is 7.90. The summed E-state index contributed by atoms with van der Waals surface area (Å²) in [5.41, 5.74) is 0.299. The highest BCUT2D eigenvalue weighted by Gasteiger charge is 2.14. The van der Waals surface area contributed by atoms with E-state index in [-0.39, 0.29) is 5.97 Å². The maximum atomic E-state index is 12.0. The van der Waals surface area contributed by atoms with Crippen molar-refractivity contribution >= 4 is 34.9 Å². The number of hydrogen-bond donors (Lipinski definition) is 1. The lowest BCUT2D eigenvalue weighted by atomic mass is 10.00. The van der Waals surface area contributed by atoms with Crippen LogP contribution in [0.3, 0.4) is 0 Å². The zero-order chi connectivity index (χ0) is 19.6. The van der Waals surface area contributed by atoms with Gasteiger partial charge in [0.1, 0.15) is 0 Å². The number of fused-ring (bicyclic) bond motifs is 1. The maximum absolute atomic E-state index is 12.0. The van der Waals surface area contributed by atoms with Crippen molar-refractivity contribution in [1.29, 1.82) is 0 Å². The minimum absolute atomic E-state index is 0.192. The van der Waals surface area contributed by atoms with Gasteiger partial charge in [-0.25, -0.2) is 9.78 Å². The van der Waals surface area contributed by atoms with Crippen molar-refractivity contribution < 1.29 is 19.4 Å². The predicted molar refractivity (Wildman–Crippen MR) is 105 cm³/mol. The quantitative estimate of drug-likeness (QED) is 0.339. The Labute approximate surface area is 163 Å². The number of aromatic nitrogens is 3. The van der Waals surface area contributed by atoms with E-state index >= 15 is 0 Å². The molecule has 0 amide bonds. The molecule has 2 aromatic heterocycles. The molecule has 1 unspecified atom stereocenters. The third-order valence-electron chi connectivity index (χ3n) is 4.45. The molecule has 148 valence electrons. The van der Waals surface area contributed by atoms with Crippen LogP contribution in [0, 0.1) is 5.92 Å². The number of thioether (sulfide) groups is 1. The third-order valence-corrected chi connectivity index (χ3v) is 5.53. The first-order valence-electron chi connectivity index (χ1n) is 9.41. The van der Waals surface area contributed by atoms with E-state index in [9.17, 15) is 9.59 Å². The second-order valence-electron chi connectivity index (χ2n) is 6.44. The SMILES string of the molecule is CCCCCC(CC)COC(=O)CCSc1ccnc2c1cnn2C(=O)O. The van der Waals surface area contributed by atoms with Gasteiger partial charge in [0.15, 0.2) is 5.65 Å². The van der Waals surface area contributed by atoms with E-state index in [0.717, 1.165) is 22.4 Å². The Hall–Kier alpha value is -2.09. The van der Waals surface area contributed by atoms with Gasteiger partial charge in [0.05, 0.1) is 24.6 Å². The molecule has 2 rings (SSSR count). The van der Waals surface area contributed by atoms with Gasteiger partial charge in [-0.2, -0.15) is 5.10 Å². The second kappa shape index (κ2) is 10.9. The molecular weight excluding hydrogens is 366 g/mol. The van der Waals surface area contributed by atoms with Gasteiger partial charge in [-0.15, -0.1) is 16.4 Å². The topological polar surface area (TPSA) is 94.3 Å². The lowest BCUT2D eigenvalue weighted by Gasteiger charge is -2.14. The fourth-order valence-corrected chi connectivity index (χ4v) is 3.73. The standard InChI is InChI=1S/C19H27N3O4S/c1-3-5-6-7-14(4-2)13-26-17(23)9-11-27-16-8-10-20-18-15(16)12-21-22(18)19(24)25/h8,10,12,14H,3-7,9,11,13H2,1-2H3,(H,24,25). The third kappa shape index (κ3) is 6.23. The minimum Gasteiger partial charge on any atom is -0.465 e. The predicted octanol–water partition coefficient (Wildman–Crippen LogP) is 4.59. The van der Waals surface area contributed by atoms with Gasteiger partial charge in [0.25, 0.3) is 0 Å². The molecule has 1 N–H and O–H groups in total. The Balaban J connectivity index is 1.80. The molecule has 0 aliphatic heterocycles. The van der Waals surface area contributed by atoms with Gasteiger partial charge >= 0.3 is 12.1 Å². The van der Waals surface area contributed by atoms with Crippen LogP contribution in [0.2, 0.25) is 0 Å². The van der Waals surface area contributed by atoms with Crippen LogP contribution in [0.15, 0.2) is 23.4 Å². The molecule has 0 aromatic carbocycles. The van der Waals surface area contributed by atoms with Crippen molar-refractivity contribution in [2.45, 2.75) is 57.3 Å². The number of nitrogens with zero attached hydrogens (tertiary/aromatic N) is 3. The van der Waals surface area contributed by atoms with E-state index in [1.165, 1.54) is 37.2 Å². The summed E-state index contributed by atoms with van der Waals surface area (Å²) in [6, 6.07) is 1.80. The number of pyridine rings is 1. The highest BCUT2D eigenvalue weighted by atomic mass is 32.2. The number of esters is 1. The molecule has 0 saturated carbocycles. The molecule has 2 heterocycles. The van der Waals surface area contributed by atoms with Crippen molar-refractivity contribution in [1.82, 2.24) is 14.8 Å². The van der Waals surface area contributed by atoms with E-state index in [0.29, 0.717) is 35.7 Å². The monoisotopic (exact) mass is 393 g/mol. The molecule has 0 aliphatic rings. The largest absolute Gasteiger partial charge is 0.465 e. The lowest BCUT2D eigenvalue weighted by Crippen LogP contribution is -2.14. The van der Waals surface area contributed by atoms with Crippen LogP contribution in [-0.2, 0) is 9.53 Å². The first-order valence-corrected chi connectivity index (χ1v) is 10.4. The lowest BCUT2D eigenvalue weighted by molar-refractivity contribution is -0.144. The summed E-state index contributed by atoms with van der Waals surface area (Å²) in [7, 11) is 0. The minimum atomic E-state index is -1.17. The Morgan fingerprint density at radius 2 is 2.15 bits per heavy atom. The highest BCUT2D eigenvalue weighted by Crippen LogP contribution is 2.27. The van der Waals surface area contributed by atoms with Crippen molar-refractivity contribution in [3.8, 4) is 0 Å². The molecule has 0 radical (unpaired) electrons. The van der Waals surface area contributed by atoms with Crippen molar-refractivity contribution in [3.05, 3.63) is 18.5 Å². The molecular formula is C19H27N3O4S. The summed E-state index contributed by atoms with van der Waals surface area (Å²) >= 11 is 1.47. The Morgan fingerprint density at radius 1 is 1.33 bits per heavy atom. The highest BCUT2D eigenvalue weighted by molar-refractivity contribution is 7.99. The Kier molecular flexibility index (Phi) is 8.57. The van der Waals surface area contributed by atoms with E-state index in [4.69, 9.17) is 9.84 Å². The number of carbonyl (C=O) groups is 2. The first-order chi connectivity index (χ1) is 13.1. The number of rotatable bonds is 11. The zero-order valence-electron chi connectivity index (χ0n) is 15.9. The van der Waals surface area contributed by atoms with Gasteiger partial charge in [-0.05, 0) is 18.4 Å². The van der Waals surface area contributed by atoms with Crippen LogP contribution in [0.1, 0.15) is 52.4 Å². The average molecular weight is 394 g/mol. The summed E-state index contributed by atoms with van der Waals surface area (Å²) < 4.78 is 6.27. The molecule has 0 spiro atoms. The van der Waals surface area contributed by atoms with E-state index in [1.54, 1.807) is 12.3 Å². The summed E-state index contributed by atoms with van der Waals surface area (Å²) in [5, 5.41) is 13.6. The van der Waals surface area contributed by atoms with Gasteiger partial charge in [0.2, 0.25) is 0 Å². The normalized spacial score (nSPS) is 12.2. The molecule has 27 heavy (non-hydrogen) atoms. The average Bonchev–Trinajstić information content (AvgIpc) is 3.10. The molecule has 8 heteroatoms. The number of carbonyl (C=O) groups excluding carboxylic acids is 1. The number of ether oxygens (including phenoxy) is 1. The van der Waals surface area contributed by atoms with E-state index in [1.807, 2.05) is 0 Å². The van der Waals surface area contributed by atoms with Gasteiger partial charge < -0.3 is 9.84 Å². The molecule has 0 fully saturated rings. The number of carboxylic acid groups (broad SMARTS) is 1. The van der Waals surface area contributed by atoms with Crippen LogP contribution in [-0.4, -0.2) is 44.3 Å². The van der Waals surface area contributed by atoms with Gasteiger partial charge in [-0.1, -0.05) is 39.5 Å². The summed E-state index contributed by atoms with van der Waals surface area (Å²) in [6.45, 7) is 4.81. The molecule has 0 saturated heterocycles. The second-order valence-corrected chi connectivity index (χ2v) is 7.57. The Morgan fingerprint density at radius 3 is 2.85 bits per heavy atom. The summed E-state index contributed by atoms with van der Waals surface area (Å²) in [4.78, 5) is 28.0.